The summed E-state index contributed by atoms with van der Waals surface area (Å²) in [5.41, 5.74) is 2.78. The van der Waals surface area contributed by atoms with Crippen LogP contribution in [0.1, 0.15) is 37.2 Å². The lowest BCUT2D eigenvalue weighted by molar-refractivity contribution is -0.115. The molecule has 0 saturated carbocycles. The Morgan fingerprint density at radius 2 is 1.74 bits per heavy atom. The Hall–Kier alpha value is -4.24. The third kappa shape index (κ3) is 5.76. The zero-order chi connectivity index (χ0) is 23.9. The second kappa shape index (κ2) is 10.6. The summed E-state index contributed by atoms with van der Waals surface area (Å²) in [6.07, 6.45) is 1.51. The molecule has 2 heterocycles. The fourth-order valence-electron chi connectivity index (χ4n) is 3.12. The van der Waals surface area contributed by atoms with Gasteiger partial charge in [-0.05, 0) is 42.8 Å². The Labute approximate surface area is 199 Å². The van der Waals surface area contributed by atoms with Gasteiger partial charge in [0.1, 0.15) is 11.6 Å². The molecule has 4 aromatic rings. The summed E-state index contributed by atoms with van der Waals surface area (Å²) in [5, 5.41) is 7.88. The molecule has 0 spiro atoms. The molecule has 0 fully saturated rings. The number of rotatable bonds is 8. The fourth-order valence-corrected chi connectivity index (χ4v) is 3.90. The minimum atomic E-state index is -0.609. The standard InChI is InChI=1S/C25H21N3O5S/c1-16-7-2-4-9-19(16)27-22(29)13-23-26-17(15-34-23)14-33-25(31)18-8-3-5-10-20(18)28-24(30)21-11-6-12-32-21/h2-12,15H,13-14H2,1H3,(H,27,29)(H,28,30). The van der Waals surface area contributed by atoms with Gasteiger partial charge in [0.05, 0.1) is 29.6 Å². The normalized spacial score (nSPS) is 10.5. The van der Waals surface area contributed by atoms with E-state index in [1.165, 1.54) is 23.7 Å². The van der Waals surface area contributed by atoms with Gasteiger partial charge in [0, 0.05) is 11.1 Å². The molecule has 0 aliphatic heterocycles. The summed E-state index contributed by atoms with van der Waals surface area (Å²) in [6, 6.07) is 17.2. The lowest BCUT2D eigenvalue weighted by Gasteiger charge is -2.09. The van der Waals surface area contributed by atoms with E-state index < -0.39 is 11.9 Å². The maximum Gasteiger partial charge on any atom is 0.340 e. The number of nitrogens with zero attached hydrogens (tertiary/aromatic N) is 1. The van der Waals surface area contributed by atoms with Gasteiger partial charge in [-0.25, -0.2) is 9.78 Å². The number of esters is 1. The van der Waals surface area contributed by atoms with Gasteiger partial charge in [0.2, 0.25) is 5.91 Å². The molecule has 2 aromatic carbocycles. The van der Waals surface area contributed by atoms with Crippen LogP contribution in [0.3, 0.4) is 0 Å². The van der Waals surface area contributed by atoms with Crippen molar-refractivity contribution in [3.8, 4) is 0 Å². The Balaban J connectivity index is 1.33. The molecule has 4 rings (SSSR count). The third-order valence-electron chi connectivity index (χ3n) is 4.82. The Morgan fingerprint density at radius 3 is 2.50 bits per heavy atom. The number of anilines is 2. The SMILES string of the molecule is Cc1ccccc1NC(=O)Cc1nc(COC(=O)c2ccccc2NC(=O)c2ccco2)cs1. The quantitative estimate of drug-likeness (QED) is 0.353. The molecular formula is C25H21N3O5S. The smallest absolute Gasteiger partial charge is 0.340 e. The maximum atomic E-state index is 12.6. The molecule has 0 unspecified atom stereocenters. The molecular weight excluding hydrogens is 454 g/mol. The fraction of sp³-hybridized carbons (Fsp3) is 0.120. The van der Waals surface area contributed by atoms with Gasteiger partial charge >= 0.3 is 5.97 Å². The van der Waals surface area contributed by atoms with Gasteiger partial charge < -0.3 is 19.8 Å². The van der Waals surface area contributed by atoms with Crippen molar-refractivity contribution < 1.29 is 23.5 Å². The van der Waals surface area contributed by atoms with Crippen LogP contribution in [0.15, 0.2) is 76.7 Å². The number of ether oxygens (including phenoxy) is 1. The van der Waals surface area contributed by atoms with Gasteiger partial charge in [0.15, 0.2) is 5.76 Å². The van der Waals surface area contributed by atoms with Crippen molar-refractivity contribution in [2.24, 2.45) is 0 Å². The summed E-state index contributed by atoms with van der Waals surface area (Å²) < 4.78 is 10.5. The molecule has 0 aliphatic carbocycles. The average Bonchev–Trinajstić information content (AvgIpc) is 3.52. The Morgan fingerprint density at radius 1 is 0.971 bits per heavy atom. The molecule has 8 nitrogen and oxygen atoms in total. The molecule has 0 aliphatic rings. The van der Waals surface area contributed by atoms with Crippen LogP contribution in [0.25, 0.3) is 0 Å². The van der Waals surface area contributed by atoms with E-state index >= 15 is 0 Å². The number of hydrogen-bond acceptors (Lipinski definition) is 7. The number of benzene rings is 2. The van der Waals surface area contributed by atoms with E-state index in [2.05, 4.69) is 15.6 Å². The second-order valence-electron chi connectivity index (χ2n) is 7.33. The van der Waals surface area contributed by atoms with Crippen LogP contribution in [0.4, 0.5) is 11.4 Å². The highest BCUT2D eigenvalue weighted by Gasteiger charge is 2.17. The number of hydrogen-bond donors (Lipinski definition) is 2. The van der Waals surface area contributed by atoms with Crippen LogP contribution in [-0.2, 0) is 22.6 Å². The van der Waals surface area contributed by atoms with Crippen LogP contribution in [0.2, 0.25) is 0 Å². The summed E-state index contributed by atoms with van der Waals surface area (Å²) in [5.74, 6) is -1.13. The van der Waals surface area contributed by atoms with Gasteiger partial charge in [0.25, 0.3) is 5.91 Å². The van der Waals surface area contributed by atoms with Crippen molar-refractivity contribution in [2.45, 2.75) is 20.0 Å². The third-order valence-corrected chi connectivity index (χ3v) is 5.72. The summed E-state index contributed by atoms with van der Waals surface area (Å²) >= 11 is 1.32. The second-order valence-corrected chi connectivity index (χ2v) is 8.27. The molecule has 0 bridgehead atoms. The first-order valence-electron chi connectivity index (χ1n) is 10.4. The van der Waals surface area contributed by atoms with Gasteiger partial charge in [-0.15, -0.1) is 11.3 Å². The maximum absolute atomic E-state index is 12.6. The number of thiazole rings is 1. The van der Waals surface area contributed by atoms with E-state index in [1.807, 2.05) is 31.2 Å². The first-order chi connectivity index (χ1) is 16.5. The van der Waals surface area contributed by atoms with Gasteiger partial charge in [-0.3, -0.25) is 9.59 Å². The first-order valence-corrected chi connectivity index (χ1v) is 11.3. The Kier molecular flexibility index (Phi) is 7.14. The van der Waals surface area contributed by atoms with E-state index in [0.29, 0.717) is 16.4 Å². The molecule has 0 saturated heterocycles. The van der Waals surface area contributed by atoms with Crippen LogP contribution < -0.4 is 10.6 Å². The number of furan rings is 1. The van der Waals surface area contributed by atoms with Crippen LogP contribution in [-0.4, -0.2) is 22.8 Å². The first kappa shape index (κ1) is 22.9. The molecule has 2 aromatic heterocycles. The molecule has 34 heavy (non-hydrogen) atoms. The highest BCUT2D eigenvalue weighted by atomic mass is 32.1. The topological polar surface area (TPSA) is 111 Å². The molecule has 2 N–H and O–H groups in total. The highest BCUT2D eigenvalue weighted by molar-refractivity contribution is 7.09. The summed E-state index contributed by atoms with van der Waals surface area (Å²) in [7, 11) is 0. The highest BCUT2D eigenvalue weighted by Crippen LogP contribution is 2.20. The lowest BCUT2D eigenvalue weighted by atomic mass is 10.1. The predicted octanol–water partition coefficient (Wildman–Crippen LogP) is 4.84. The molecule has 2 amide bonds. The minimum Gasteiger partial charge on any atom is -0.459 e. The van der Waals surface area contributed by atoms with E-state index in [9.17, 15) is 14.4 Å². The number of aromatic nitrogens is 1. The molecule has 9 heteroatoms. The number of carbonyl (C=O) groups is 3. The predicted molar refractivity (Wildman–Crippen MR) is 128 cm³/mol. The zero-order valence-electron chi connectivity index (χ0n) is 18.2. The minimum absolute atomic E-state index is 0.0603. The average molecular weight is 476 g/mol. The van der Waals surface area contributed by atoms with Crippen molar-refractivity contribution in [1.29, 1.82) is 0 Å². The van der Waals surface area contributed by atoms with Crippen molar-refractivity contribution in [3.63, 3.8) is 0 Å². The monoisotopic (exact) mass is 475 g/mol. The zero-order valence-corrected chi connectivity index (χ0v) is 19.1. The largest absolute Gasteiger partial charge is 0.459 e. The van der Waals surface area contributed by atoms with E-state index in [1.54, 1.807) is 35.7 Å². The van der Waals surface area contributed by atoms with Crippen LogP contribution in [0, 0.1) is 6.92 Å². The lowest BCUT2D eigenvalue weighted by Crippen LogP contribution is -2.15. The van der Waals surface area contributed by atoms with Crippen LogP contribution >= 0.6 is 11.3 Å². The molecule has 172 valence electrons. The van der Waals surface area contributed by atoms with Crippen molar-refractivity contribution in [3.05, 3.63) is 99.9 Å². The van der Waals surface area contributed by atoms with Crippen molar-refractivity contribution in [2.75, 3.05) is 10.6 Å². The number of carbonyl (C=O) groups excluding carboxylic acids is 3. The van der Waals surface area contributed by atoms with E-state index in [-0.39, 0.29) is 30.3 Å². The Bertz CT molecular complexity index is 1310. The summed E-state index contributed by atoms with van der Waals surface area (Å²) in [4.78, 5) is 41.6. The number of aryl methyl sites for hydroxylation is 1. The van der Waals surface area contributed by atoms with Gasteiger partial charge in [-0.2, -0.15) is 0 Å². The van der Waals surface area contributed by atoms with E-state index in [4.69, 9.17) is 9.15 Å². The van der Waals surface area contributed by atoms with Crippen LogP contribution in [0.5, 0.6) is 0 Å². The number of para-hydroxylation sites is 2. The van der Waals surface area contributed by atoms with E-state index in [0.717, 1.165) is 11.3 Å². The van der Waals surface area contributed by atoms with Crippen molar-refractivity contribution >= 4 is 40.5 Å². The molecule has 0 atom stereocenters. The summed E-state index contributed by atoms with van der Waals surface area (Å²) in [6.45, 7) is 1.86. The van der Waals surface area contributed by atoms with Crippen molar-refractivity contribution in [1.82, 2.24) is 4.98 Å². The number of amides is 2. The van der Waals surface area contributed by atoms with Gasteiger partial charge in [-0.1, -0.05) is 30.3 Å². The molecule has 0 radical (unpaired) electrons. The number of nitrogens with one attached hydrogen (secondary N) is 2.